The Bertz CT molecular complexity index is 258. The third-order valence-electron chi connectivity index (χ3n) is 2.38. The summed E-state index contributed by atoms with van der Waals surface area (Å²) in [6.07, 6.45) is 1.90. The molecular weight excluding hydrogens is 259 g/mol. The van der Waals surface area contributed by atoms with Gasteiger partial charge in [0.25, 0.3) is 0 Å². The van der Waals surface area contributed by atoms with E-state index < -0.39 is 0 Å². The number of hydrogen-bond donors (Lipinski definition) is 0. The SMILES string of the molecule is CC(C)N(C(C)C)P(CC(C)(C)C)SCCC#N. The summed E-state index contributed by atoms with van der Waals surface area (Å²) in [7, 11) is -0.204. The predicted octanol–water partition coefficient (Wildman–Crippen LogP) is 5.11. The van der Waals surface area contributed by atoms with Gasteiger partial charge in [-0.15, -0.1) is 11.4 Å². The van der Waals surface area contributed by atoms with E-state index in [2.05, 4.69) is 59.2 Å². The highest BCUT2D eigenvalue weighted by atomic mass is 32.7. The zero-order valence-electron chi connectivity index (χ0n) is 13.0. The highest BCUT2D eigenvalue weighted by Gasteiger charge is 2.28. The Morgan fingerprint density at radius 2 is 1.67 bits per heavy atom. The summed E-state index contributed by atoms with van der Waals surface area (Å²) in [5.74, 6) is 0.966. The smallest absolute Gasteiger partial charge is 0.0630 e. The van der Waals surface area contributed by atoms with Crippen molar-refractivity contribution in [2.24, 2.45) is 5.41 Å². The highest BCUT2D eigenvalue weighted by molar-refractivity contribution is 8.55. The number of nitrogens with zero attached hydrogens (tertiary/aromatic N) is 2. The van der Waals surface area contributed by atoms with Crippen LogP contribution in [-0.2, 0) is 0 Å². The van der Waals surface area contributed by atoms with Crippen molar-refractivity contribution in [3.8, 4) is 6.07 Å². The lowest BCUT2D eigenvalue weighted by Crippen LogP contribution is -2.33. The fourth-order valence-electron chi connectivity index (χ4n) is 1.91. The average molecular weight is 288 g/mol. The topological polar surface area (TPSA) is 27.0 Å². The fraction of sp³-hybridized carbons (Fsp3) is 0.929. The van der Waals surface area contributed by atoms with Gasteiger partial charge in [0.2, 0.25) is 0 Å². The monoisotopic (exact) mass is 288 g/mol. The van der Waals surface area contributed by atoms with Crippen LogP contribution in [0.25, 0.3) is 0 Å². The molecule has 0 spiro atoms. The minimum absolute atomic E-state index is 0.204. The number of nitriles is 1. The molecule has 0 radical (unpaired) electrons. The molecule has 0 aliphatic heterocycles. The molecule has 1 unspecified atom stereocenters. The van der Waals surface area contributed by atoms with E-state index in [0.29, 0.717) is 23.9 Å². The van der Waals surface area contributed by atoms with Crippen LogP contribution in [0.4, 0.5) is 0 Å². The van der Waals surface area contributed by atoms with Gasteiger partial charge in [0, 0.05) is 31.5 Å². The van der Waals surface area contributed by atoms with E-state index >= 15 is 0 Å². The van der Waals surface area contributed by atoms with Gasteiger partial charge in [-0.05, 0) is 39.3 Å². The fourth-order valence-corrected chi connectivity index (χ4v) is 8.40. The Labute approximate surface area is 119 Å². The average Bonchev–Trinajstić information content (AvgIpc) is 2.13. The number of hydrogen-bond acceptors (Lipinski definition) is 3. The first kappa shape index (κ1) is 18.2. The first-order valence-electron chi connectivity index (χ1n) is 6.74. The van der Waals surface area contributed by atoms with Crippen LogP contribution in [0.5, 0.6) is 0 Å². The van der Waals surface area contributed by atoms with Crippen molar-refractivity contribution >= 4 is 18.7 Å². The Morgan fingerprint density at radius 3 is 2.00 bits per heavy atom. The van der Waals surface area contributed by atoms with E-state index in [-0.39, 0.29) is 7.27 Å². The molecular formula is C14H29N2PS. The lowest BCUT2D eigenvalue weighted by molar-refractivity contribution is 0.321. The second-order valence-corrected chi connectivity index (χ2v) is 10.6. The molecule has 0 aliphatic carbocycles. The summed E-state index contributed by atoms with van der Waals surface area (Å²) in [5.41, 5.74) is 0.355. The zero-order chi connectivity index (χ0) is 14.3. The van der Waals surface area contributed by atoms with Crippen molar-refractivity contribution < 1.29 is 0 Å². The van der Waals surface area contributed by atoms with Crippen LogP contribution >= 0.6 is 18.7 Å². The van der Waals surface area contributed by atoms with Gasteiger partial charge in [-0.2, -0.15) is 5.26 Å². The summed E-state index contributed by atoms with van der Waals surface area (Å²) < 4.78 is 2.64. The Kier molecular flexibility index (Phi) is 8.52. The maximum absolute atomic E-state index is 8.70. The summed E-state index contributed by atoms with van der Waals surface area (Å²) in [6.45, 7) is 16.1. The molecule has 0 aromatic carbocycles. The van der Waals surface area contributed by atoms with E-state index in [1.807, 2.05) is 11.4 Å². The van der Waals surface area contributed by atoms with Crippen LogP contribution in [0.2, 0.25) is 0 Å². The molecule has 0 saturated carbocycles. The van der Waals surface area contributed by atoms with Crippen molar-refractivity contribution in [1.29, 1.82) is 5.26 Å². The van der Waals surface area contributed by atoms with Gasteiger partial charge in [-0.25, -0.2) is 0 Å². The minimum Gasteiger partial charge on any atom is -0.269 e. The molecule has 0 aliphatic rings. The van der Waals surface area contributed by atoms with Gasteiger partial charge in [0.1, 0.15) is 0 Å². The van der Waals surface area contributed by atoms with Crippen molar-refractivity contribution in [1.82, 2.24) is 4.67 Å². The van der Waals surface area contributed by atoms with Crippen LogP contribution in [0.1, 0.15) is 54.9 Å². The molecule has 0 aromatic rings. The van der Waals surface area contributed by atoms with Crippen LogP contribution < -0.4 is 0 Å². The van der Waals surface area contributed by atoms with Gasteiger partial charge in [0.05, 0.1) is 6.07 Å². The lowest BCUT2D eigenvalue weighted by atomic mass is 10.0. The largest absolute Gasteiger partial charge is 0.269 e. The van der Waals surface area contributed by atoms with Gasteiger partial charge in [-0.3, -0.25) is 4.67 Å². The van der Waals surface area contributed by atoms with E-state index in [9.17, 15) is 0 Å². The van der Waals surface area contributed by atoms with Crippen LogP contribution in [0, 0.1) is 16.7 Å². The van der Waals surface area contributed by atoms with E-state index in [0.717, 1.165) is 5.75 Å². The molecule has 18 heavy (non-hydrogen) atoms. The van der Waals surface area contributed by atoms with Crippen molar-refractivity contribution in [3.05, 3.63) is 0 Å². The van der Waals surface area contributed by atoms with Crippen LogP contribution in [0.3, 0.4) is 0 Å². The van der Waals surface area contributed by atoms with Gasteiger partial charge >= 0.3 is 0 Å². The maximum atomic E-state index is 8.70. The molecule has 0 heterocycles. The molecule has 2 nitrogen and oxygen atoms in total. The van der Waals surface area contributed by atoms with Gasteiger partial charge < -0.3 is 0 Å². The van der Waals surface area contributed by atoms with E-state index in [1.54, 1.807) is 0 Å². The predicted molar refractivity (Wildman–Crippen MR) is 86.0 cm³/mol. The molecule has 1 atom stereocenters. The summed E-state index contributed by atoms with van der Waals surface area (Å²) in [4.78, 5) is 0. The van der Waals surface area contributed by atoms with Gasteiger partial charge in [-0.1, -0.05) is 20.8 Å². The second kappa shape index (κ2) is 8.41. The molecule has 4 heteroatoms. The maximum Gasteiger partial charge on any atom is 0.0630 e. The molecule has 106 valence electrons. The summed E-state index contributed by atoms with van der Waals surface area (Å²) in [6, 6.07) is 3.41. The Morgan fingerprint density at radius 1 is 1.17 bits per heavy atom. The van der Waals surface area contributed by atoms with Crippen molar-refractivity contribution in [2.45, 2.75) is 67.0 Å². The molecule has 0 amide bonds. The normalized spacial score (nSPS) is 14.3. The van der Waals surface area contributed by atoms with Crippen LogP contribution in [0.15, 0.2) is 0 Å². The van der Waals surface area contributed by atoms with Crippen LogP contribution in [-0.4, -0.2) is 28.7 Å². The minimum atomic E-state index is -0.204. The Balaban J connectivity index is 4.76. The highest BCUT2D eigenvalue weighted by Crippen LogP contribution is 2.58. The molecule has 0 saturated heterocycles. The Hall–Kier alpha value is 0.230. The molecule has 0 N–H and O–H groups in total. The van der Waals surface area contributed by atoms with Gasteiger partial charge in [0.15, 0.2) is 0 Å². The molecule has 0 bridgehead atoms. The standard InChI is InChI=1S/C14H29N2PS/c1-12(2)16(13(3)4)17(11-14(5,6)7)18-10-8-9-15/h12-13H,8,10-11H2,1-7H3. The molecule has 0 fully saturated rings. The zero-order valence-corrected chi connectivity index (χ0v) is 14.7. The van der Waals surface area contributed by atoms with Crippen molar-refractivity contribution in [2.75, 3.05) is 11.9 Å². The first-order chi connectivity index (χ1) is 8.19. The first-order valence-corrected chi connectivity index (χ1v) is 9.81. The van der Waals surface area contributed by atoms with E-state index in [1.165, 1.54) is 6.16 Å². The third-order valence-corrected chi connectivity index (χ3v) is 8.12. The summed E-state index contributed by atoms with van der Waals surface area (Å²) in [5, 5.41) is 8.70. The summed E-state index contributed by atoms with van der Waals surface area (Å²) >= 11 is 2.01. The lowest BCUT2D eigenvalue weighted by Gasteiger charge is -2.40. The number of rotatable bonds is 7. The molecule has 0 aromatic heterocycles. The quantitative estimate of drug-likeness (QED) is 0.481. The second-order valence-electron chi connectivity index (χ2n) is 6.38. The van der Waals surface area contributed by atoms with Crippen molar-refractivity contribution in [3.63, 3.8) is 0 Å². The molecule has 0 rings (SSSR count). The van der Waals surface area contributed by atoms with E-state index in [4.69, 9.17) is 5.26 Å². The third kappa shape index (κ3) is 7.62.